The summed E-state index contributed by atoms with van der Waals surface area (Å²) in [6.07, 6.45) is 3.10. The zero-order valence-electron chi connectivity index (χ0n) is 25.1. The summed E-state index contributed by atoms with van der Waals surface area (Å²) in [5, 5.41) is 29.2. The van der Waals surface area contributed by atoms with Crippen molar-refractivity contribution >= 4 is 27.7 Å². The molecule has 1 fully saturated rings. The number of aliphatic hydroxyl groups excluding tert-OH is 2. The van der Waals surface area contributed by atoms with E-state index in [1.807, 2.05) is 24.3 Å². The van der Waals surface area contributed by atoms with E-state index in [0.717, 1.165) is 48.8 Å². The molecule has 0 bridgehead atoms. The second-order valence-electron chi connectivity index (χ2n) is 11.3. The van der Waals surface area contributed by atoms with Crippen LogP contribution in [0.3, 0.4) is 0 Å². The predicted octanol–water partition coefficient (Wildman–Crippen LogP) is 4.35. The monoisotopic (exact) mass is 639 g/mol. The first-order valence-corrected chi connectivity index (χ1v) is 16.8. The van der Waals surface area contributed by atoms with Crippen LogP contribution in [0.4, 0.5) is 10.5 Å². The van der Waals surface area contributed by atoms with Gasteiger partial charge in [-0.05, 0) is 85.0 Å². The highest BCUT2D eigenvalue weighted by atomic mass is 32.2. The van der Waals surface area contributed by atoms with Crippen LogP contribution >= 0.6 is 0 Å². The fraction of sp³-hybridized carbons (Fsp3) is 0.394. The van der Waals surface area contributed by atoms with Gasteiger partial charge in [0.25, 0.3) is 5.91 Å². The first kappa shape index (κ1) is 33.8. The molecule has 0 radical (unpaired) electrons. The summed E-state index contributed by atoms with van der Waals surface area (Å²) in [6.45, 7) is -0.195. The summed E-state index contributed by atoms with van der Waals surface area (Å²) in [5.41, 5.74) is 9.45. The molecule has 0 aliphatic heterocycles. The minimum Gasteiger partial charge on any atom is -0.490 e. The molecule has 0 spiro atoms. The molecule has 0 aromatic heterocycles. The number of benzene rings is 3. The van der Waals surface area contributed by atoms with Gasteiger partial charge in [-0.1, -0.05) is 48.9 Å². The van der Waals surface area contributed by atoms with Gasteiger partial charge >= 0.3 is 6.09 Å². The smallest absolute Gasteiger partial charge is 0.407 e. The molecule has 0 saturated heterocycles. The maximum Gasteiger partial charge on any atom is 0.407 e. The van der Waals surface area contributed by atoms with Crippen molar-refractivity contribution in [3.8, 4) is 16.9 Å². The molecule has 12 heteroatoms. The van der Waals surface area contributed by atoms with Crippen molar-refractivity contribution in [3.63, 3.8) is 0 Å². The van der Waals surface area contributed by atoms with Crippen molar-refractivity contribution in [2.45, 2.75) is 57.2 Å². The van der Waals surface area contributed by atoms with Crippen LogP contribution < -0.4 is 15.2 Å². The van der Waals surface area contributed by atoms with Crippen molar-refractivity contribution < 1.29 is 38.1 Å². The van der Waals surface area contributed by atoms with Crippen molar-refractivity contribution in [1.82, 2.24) is 9.62 Å². The zero-order valence-corrected chi connectivity index (χ0v) is 25.9. The molecule has 11 nitrogen and oxygen atoms in total. The summed E-state index contributed by atoms with van der Waals surface area (Å²) in [6, 6.07) is 19.2. The highest BCUT2D eigenvalue weighted by Gasteiger charge is 2.23. The van der Waals surface area contributed by atoms with Gasteiger partial charge in [-0.3, -0.25) is 4.79 Å². The normalized spacial score (nSPS) is 14.4. The molecule has 1 atom stereocenters. The number of hydrogen-bond acceptors (Lipinski definition) is 8. The standard InChI is InChI=1S/C33H41N3O8S/c34-27-14-11-25(12-15-27)30(38)22-36(33(40)41)18-17-23-7-9-24(10-8-23)26-13-16-29(32(39)35-45(42,43)20-4-19-37)31(21-26)44-28-5-2-1-3-6-28/h7-16,21,28,30,37-38H,1-6,17-20,22,34H2,(H,35,39)(H,40,41)/t30-/m1/s1. The molecule has 1 saturated carbocycles. The number of rotatable bonds is 14. The Hall–Kier alpha value is -4.13. The lowest BCUT2D eigenvalue weighted by Gasteiger charge is -2.24. The van der Waals surface area contributed by atoms with Crippen LogP contribution in [0.25, 0.3) is 11.1 Å². The van der Waals surface area contributed by atoms with Gasteiger partial charge in [0.15, 0.2) is 0 Å². The molecule has 4 rings (SSSR count). The van der Waals surface area contributed by atoms with Gasteiger partial charge in [0.1, 0.15) is 5.75 Å². The molecule has 2 amide bonds. The van der Waals surface area contributed by atoms with Crippen molar-refractivity contribution in [1.29, 1.82) is 0 Å². The first-order chi connectivity index (χ1) is 21.5. The lowest BCUT2D eigenvalue weighted by Crippen LogP contribution is -2.35. The third kappa shape index (κ3) is 9.93. The molecule has 1 aliphatic rings. The number of carbonyl (C=O) groups is 2. The quantitative estimate of drug-likeness (QED) is 0.160. The maximum absolute atomic E-state index is 13.0. The van der Waals surface area contributed by atoms with E-state index in [-0.39, 0.29) is 43.5 Å². The van der Waals surface area contributed by atoms with Crippen LogP contribution in [0, 0.1) is 0 Å². The second-order valence-corrected chi connectivity index (χ2v) is 13.1. The second kappa shape index (κ2) is 15.7. The van der Waals surface area contributed by atoms with E-state index >= 15 is 0 Å². The van der Waals surface area contributed by atoms with Gasteiger partial charge in [-0.15, -0.1) is 0 Å². The number of nitrogens with zero attached hydrogens (tertiary/aromatic N) is 1. The summed E-state index contributed by atoms with van der Waals surface area (Å²) in [4.78, 5) is 26.1. The summed E-state index contributed by atoms with van der Waals surface area (Å²) in [7, 11) is -3.92. The number of carboxylic acid groups (broad SMARTS) is 1. The number of nitrogens with two attached hydrogens (primary N) is 1. The minimum absolute atomic E-state index is 0.0168. The number of carbonyl (C=O) groups excluding carboxylic acids is 1. The van der Waals surface area contributed by atoms with Crippen molar-refractivity contribution in [2.24, 2.45) is 0 Å². The highest BCUT2D eigenvalue weighted by Crippen LogP contribution is 2.31. The Morgan fingerprint density at radius 3 is 2.29 bits per heavy atom. The number of nitrogen functional groups attached to an aromatic ring is 1. The van der Waals surface area contributed by atoms with Gasteiger partial charge in [-0.25, -0.2) is 17.9 Å². The van der Waals surface area contributed by atoms with Gasteiger partial charge in [0.2, 0.25) is 10.0 Å². The molecule has 3 aromatic rings. The maximum atomic E-state index is 13.0. The lowest BCUT2D eigenvalue weighted by molar-refractivity contribution is 0.0967. The average molecular weight is 640 g/mol. The predicted molar refractivity (Wildman–Crippen MR) is 171 cm³/mol. The van der Waals surface area contributed by atoms with Crippen molar-refractivity contribution in [2.75, 3.05) is 31.2 Å². The SMILES string of the molecule is Nc1ccc([C@H](O)CN(CCc2ccc(-c3ccc(C(=O)NS(=O)(=O)CCCO)c(OC4CCCCC4)c3)cc2)C(=O)O)cc1. The highest BCUT2D eigenvalue weighted by molar-refractivity contribution is 7.90. The van der Waals surface area contributed by atoms with Gasteiger partial charge in [0, 0.05) is 18.8 Å². The molecule has 45 heavy (non-hydrogen) atoms. The fourth-order valence-electron chi connectivity index (χ4n) is 5.28. The molecular formula is C33H41N3O8S. The number of aliphatic hydroxyl groups is 2. The Morgan fingerprint density at radius 2 is 1.64 bits per heavy atom. The Kier molecular flexibility index (Phi) is 11.8. The number of sulfonamides is 1. The van der Waals surface area contributed by atoms with Crippen LogP contribution in [0.1, 0.15) is 66.1 Å². The third-order valence-electron chi connectivity index (χ3n) is 7.83. The summed E-state index contributed by atoms with van der Waals surface area (Å²) < 4.78 is 33.0. The number of ether oxygens (including phenoxy) is 1. The summed E-state index contributed by atoms with van der Waals surface area (Å²) >= 11 is 0. The van der Waals surface area contributed by atoms with E-state index in [9.17, 15) is 28.2 Å². The molecule has 1 aliphatic carbocycles. The number of nitrogens with one attached hydrogen (secondary N) is 1. The van der Waals surface area contributed by atoms with Crippen LogP contribution in [0.2, 0.25) is 0 Å². The topological polar surface area (TPSA) is 179 Å². The Labute approximate surface area is 263 Å². The number of amides is 2. The molecule has 3 aromatic carbocycles. The molecular weight excluding hydrogens is 598 g/mol. The van der Waals surface area contributed by atoms with Crippen LogP contribution in [-0.4, -0.2) is 72.2 Å². The van der Waals surface area contributed by atoms with E-state index in [2.05, 4.69) is 4.72 Å². The van der Waals surface area contributed by atoms with Crippen LogP contribution in [0.15, 0.2) is 66.7 Å². The number of anilines is 1. The van der Waals surface area contributed by atoms with E-state index in [1.165, 1.54) is 4.90 Å². The van der Waals surface area contributed by atoms with Gasteiger partial charge < -0.3 is 30.7 Å². The summed E-state index contributed by atoms with van der Waals surface area (Å²) in [5.74, 6) is -0.855. The van der Waals surface area contributed by atoms with Crippen LogP contribution in [-0.2, 0) is 16.4 Å². The van der Waals surface area contributed by atoms with E-state index < -0.39 is 28.1 Å². The Morgan fingerprint density at radius 1 is 0.978 bits per heavy atom. The molecule has 6 N–H and O–H groups in total. The zero-order chi connectivity index (χ0) is 32.4. The largest absolute Gasteiger partial charge is 0.490 e. The van der Waals surface area contributed by atoms with E-state index in [0.29, 0.717) is 23.4 Å². The van der Waals surface area contributed by atoms with Gasteiger partial charge in [-0.2, -0.15) is 0 Å². The molecule has 0 unspecified atom stereocenters. The number of hydrogen-bond donors (Lipinski definition) is 5. The van der Waals surface area contributed by atoms with E-state index in [1.54, 1.807) is 42.5 Å². The Bertz CT molecular complexity index is 1540. The molecule has 242 valence electrons. The van der Waals surface area contributed by atoms with Crippen molar-refractivity contribution in [3.05, 3.63) is 83.4 Å². The van der Waals surface area contributed by atoms with E-state index in [4.69, 9.17) is 15.6 Å². The average Bonchev–Trinajstić information content (AvgIpc) is 3.02. The van der Waals surface area contributed by atoms with Gasteiger partial charge in [0.05, 0.1) is 30.1 Å². The minimum atomic E-state index is -3.92. The Balaban J connectivity index is 1.47. The third-order valence-corrected chi connectivity index (χ3v) is 9.16. The van der Waals surface area contributed by atoms with Crippen LogP contribution in [0.5, 0.6) is 5.75 Å². The molecule has 0 heterocycles. The first-order valence-electron chi connectivity index (χ1n) is 15.1. The fourth-order valence-corrected chi connectivity index (χ4v) is 6.28. The lowest BCUT2D eigenvalue weighted by atomic mass is 9.97.